The number of rotatable bonds is 2. The Bertz CT molecular complexity index is 889. The number of para-hydroxylation sites is 1. The number of aryl methyl sites for hydroxylation is 3. The molecule has 1 aliphatic heterocycles. The molecular weight excluding hydrogens is 350 g/mol. The lowest BCUT2D eigenvalue weighted by Crippen LogP contribution is -2.55. The third-order valence-electron chi connectivity index (χ3n) is 5.93. The van der Waals surface area contributed by atoms with Crippen molar-refractivity contribution in [2.75, 3.05) is 10.2 Å². The minimum Gasteiger partial charge on any atom is -0.341 e. The Labute approximate surface area is 167 Å². The van der Waals surface area contributed by atoms with Crippen LogP contribution in [0.1, 0.15) is 48.8 Å². The molecule has 1 N–H and O–H groups in total. The molecule has 27 heavy (non-hydrogen) atoms. The number of hydrogen-bond acceptors (Lipinski definition) is 2. The van der Waals surface area contributed by atoms with Gasteiger partial charge in [0, 0.05) is 11.4 Å². The molecule has 1 spiro atoms. The summed E-state index contributed by atoms with van der Waals surface area (Å²) in [5.41, 5.74) is 5.89. The van der Waals surface area contributed by atoms with E-state index in [1.54, 1.807) is 0 Å². The SMILES string of the molecule is Cc1cccc(N2C(=S)N=C(Nc3c(C)cccc3C)C23CCCCC3)c1. The number of benzene rings is 2. The van der Waals surface area contributed by atoms with E-state index in [2.05, 4.69) is 73.5 Å². The molecule has 140 valence electrons. The van der Waals surface area contributed by atoms with Crippen LogP contribution in [0, 0.1) is 20.8 Å². The zero-order valence-corrected chi connectivity index (χ0v) is 17.2. The molecule has 0 radical (unpaired) electrons. The molecule has 1 aliphatic carbocycles. The average molecular weight is 378 g/mol. The number of anilines is 2. The molecule has 0 aromatic heterocycles. The lowest BCUT2D eigenvalue weighted by Gasteiger charge is -2.43. The van der Waals surface area contributed by atoms with Crippen molar-refractivity contribution < 1.29 is 0 Å². The second-order valence-corrected chi connectivity index (χ2v) is 8.27. The zero-order chi connectivity index (χ0) is 19.0. The maximum absolute atomic E-state index is 5.78. The van der Waals surface area contributed by atoms with E-state index < -0.39 is 0 Å². The summed E-state index contributed by atoms with van der Waals surface area (Å²) in [6, 6.07) is 15.0. The third-order valence-corrected chi connectivity index (χ3v) is 6.21. The Hall–Kier alpha value is -2.20. The number of thiocarbonyl (C=S) groups is 1. The summed E-state index contributed by atoms with van der Waals surface area (Å²) in [6.07, 6.45) is 5.86. The summed E-state index contributed by atoms with van der Waals surface area (Å²) in [4.78, 5) is 7.20. The van der Waals surface area contributed by atoms with Crippen LogP contribution in [0.4, 0.5) is 11.4 Å². The fourth-order valence-corrected chi connectivity index (χ4v) is 4.91. The maximum atomic E-state index is 5.78. The van der Waals surface area contributed by atoms with Crippen molar-refractivity contribution in [2.45, 2.75) is 58.4 Å². The largest absolute Gasteiger partial charge is 0.341 e. The van der Waals surface area contributed by atoms with Crippen LogP contribution in [-0.4, -0.2) is 16.5 Å². The Balaban J connectivity index is 1.77. The number of nitrogens with one attached hydrogen (secondary N) is 1. The molecule has 4 rings (SSSR count). The van der Waals surface area contributed by atoms with Gasteiger partial charge in [-0.1, -0.05) is 49.6 Å². The lowest BCUT2D eigenvalue weighted by molar-refractivity contribution is 0.386. The number of aliphatic imine (C=N–C) groups is 1. The van der Waals surface area contributed by atoms with Crippen LogP contribution in [0.2, 0.25) is 0 Å². The maximum Gasteiger partial charge on any atom is 0.202 e. The van der Waals surface area contributed by atoms with Gasteiger partial charge in [0.25, 0.3) is 0 Å². The topological polar surface area (TPSA) is 27.6 Å². The standard InChI is InChI=1S/C23H27N3S/c1-16-9-7-12-19(15-16)26-22(27)25-21(23(26)13-5-4-6-14-23)24-20-17(2)10-8-11-18(20)3/h7-12,15H,4-6,13-14H2,1-3H3,(H,24,25,27). The first-order valence-electron chi connectivity index (χ1n) is 9.84. The quantitative estimate of drug-likeness (QED) is 0.657. The van der Waals surface area contributed by atoms with Gasteiger partial charge in [0.15, 0.2) is 0 Å². The van der Waals surface area contributed by atoms with Crippen molar-refractivity contribution in [3.8, 4) is 0 Å². The van der Waals surface area contributed by atoms with E-state index in [9.17, 15) is 0 Å². The monoisotopic (exact) mass is 377 g/mol. The highest BCUT2D eigenvalue weighted by Gasteiger charge is 2.49. The summed E-state index contributed by atoms with van der Waals surface area (Å²) in [5.74, 6) is 1.02. The van der Waals surface area contributed by atoms with Crippen molar-refractivity contribution in [1.29, 1.82) is 0 Å². The predicted molar refractivity (Wildman–Crippen MR) is 119 cm³/mol. The molecule has 4 heteroatoms. The van der Waals surface area contributed by atoms with E-state index in [0.717, 1.165) is 30.1 Å². The minimum absolute atomic E-state index is 0.155. The fourth-order valence-electron chi connectivity index (χ4n) is 4.53. The van der Waals surface area contributed by atoms with Crippen molar-refractivity contribution in [3.63, 3.8) is 0 Å². The summed E-state index contributed by atoms with van der Waals surface area (Å²) in [7, 11) is 0. The Kier molecular flexibility index (Phi) is 4.77. The highest BCUT2D eigenvalue weighted by molar-refractivity contribution is 7.80. The second-order valence-electron chi connectivity index (χ2n) is 7.90. The highest BCUT2D eigenvalue weighted by atomic mass is 32.1. The van der Waals surface area contributed by atoms with Crippen molar-refractivity contribution >= 4 is 34.5 Å². The van der Waals surface area contributed by atoms with Gasteiger partial charge in [0.1, 0.15) is 11.4 Å². The van der Waals surface area contributed by atoms with Crippen LogP contribution in [0.3, 0.4) is 0 Å². The van der Waals surface area contributed by atoms with Crippen LogP contribution in [0.5, 0.6) is 0 Å². The van der Waals surface area contributed by atoms with E-state index in [1.807, 2.05) is 0 Å². The minimum atomic E-state index is -0.155. The van der Waals surface area contributed by atoms with E-state index in [4.69, 9.17) is 17.2 Å². The number of amidine groups is 1. The Morgan fingerprint density at radius 2 is 1.63 bits per heavy atom. The van der Waals surface area contributed by atoms with Gasteiger partial charge >= 0.3 is 0 Å². The molecule has 2 aromatic rings. The van der Waals surface area contributed by atoms with Crippen LogP contribution >= 0.6 is 12.2 Å². The molecule has 0 amide bonds. The summed E-state index contributed by atoms with van der Waals surface area (Å²) in [5, 5.41) is 4.38. The van der Waals surface area contributed by atoms with Crippen molar-refractivity contribution in [2.24, 2.45) is 4.99 Å². The Morgan fingerprint density at radius 1 is 0.963 bits per heavy atom. The van der Waals surface area contributed by atoms with Gasteiger partial charge in [0.2, 0.25) is 5.11 Å². The predicted octanol–water partition coefficient (Wildman–Crippen LogP) is 5.93. The molecule has 1 saturated carbocycles. The van der Waals surface area contributed by atoms with Gasteiger partial charge in [-0.3, -0.25) is 0 Å². The first kappa shape index (κ1) is 18.2. The highest BCUT2D eigenvalue weighted by Crippen LogP contribution is 2.42. The molecule has 1 fully saturated rings. The van der Waals surface area contributed by atoms with Crippen LogP contribution in [0.25, 0.3) is 0 Å². The average Bonchev–Trinajstić information content (AvgIpc) is 2.90. The molecule has 1 heterocycles. The molecule has 3 nitrogen and oxygen atoms in total. The van der Waals surface area contributed by atoms with Gasteiger partial charge in [-0.2, -0.15) is 0 Å². The van der Waals surface area contributed by atoms with E-state index >= 15 is 0 Å². The number of nitrogens with zero attached hydrogens (tertiary/aromatic N) is 2. The van der Waals surface area contributed by atoms with E-state index in [-0.39, 0.29) is 5.54 Å². The van der Waals surface area contributed by atoms with Gasteiger partial charge < -0.3 is 10.2 Å². The van der Waals surface area contributed by atoms with Crippen LogP contribution in [-0.2, 0) is 0 Å². The molecular formula is C23H27N3S. The number of hydrogen-bond donors (Lipinski definition) is 1. The summed E-state index contributed by atoms with van der Waals surface area (Å²) in [6.45, 7) is 6.43. The summed E-state index contributed by atoms with van der Waals surface area (Å²) >= 11 is 5.78. The van der Waals surface area contributed by atoms with Gasteiger partial charge in [-0.05, 0) is 74.7 Å². The van der Waals surface area contributed by atoms with Gasteiger partial charge in [-0.25, -0.2) is 4.99 Å². The van der Waals surface area contributed by atoms with Gasteiger partial charge in [0.05, 0.1) is 0 Å². The third kappa shape index (κ3) is 3.16. The molecule has 0 saturated heterocycles. The van der Waals surface area contributed by atoms with E-state index in [0.29, 0.717) is 5.11 Å². The van der Waals surface area contributed by atoms with Crippen LogP contribution < -0.4 is 10.2 Å². The van der Waals surface area contributed by atoms with Crippen LogP contribution in [0.15, 0.2) is 47.5 Å². The molecule has 0 bridgehead atoms. The van der Waals surface area contributed by atoms with Crippen molar-refractivity contribution in [1.82, 2.24) is 0 Å². The first-order chi connectivity index (χ1) is 13.0. The fraction of sp³-hybridized carbons (Fsp3) is 0.391. The zero-order valence-electron chi connectivity index (χ0n) is 16.4. The molecule has 2 aromatic carbocycles. The van der Waals surface area contributed by atoms with Gasteiger partial charge in [-0.15, -0.1) is 0 Å². The Morgan fingerprint density at radius 3 is 2.30 bits per heavy atom. The normalized spacial score (nSPS) is 18.7. The summed E-state index contributed by atoms with van der Waals surface area (Å²) < 4.78 is 0. The molecule has 0 atom stereocenters. The first-order valence-corrected chi connectivity index (χ1v) is 10.3. The smallest absolute Gasteiger partial charge is 0.202 e. The second kappa shape index (κ2) is 7.08. The molecule has 0 unspecified atom stereocenters. The van der Waals surface area contributed by atoms with Crippen molar-refractivity contribution in [3.05, 3.63) is 59.2 Å². The molecule has 2 aliphatic rings. The van der Waals surface area contributed by atoms with E-state index in [1.165, 1.54) is 36.0 Å². The lowest BCUT2D eigenvalue weighted by atomic mass is 9.79.